The molecule has 0 radical (unpaired) electrons. The second kappa shape index (κ2) is 4.48. The van der Waals surface area contributed by atoms with Crippen molar-refractivity contribution in [2.75, 3.05) is 0 Å². The molecule has 0 fully saturated rings. The van der Waals surface area contributed by atoms with E-state index in [1.165, 1.54) is 4.88 Å². The fourth-order valence-corrected chi connectivity index (χ4v) is 2.00. The molecule has 1 unspecified atom stereocenters. The average Bonchev–Trinajstić information content (AvgIpc) is 2.50. The zero-order chi connectivity index (χ0) is 11.6. The highest BCUT2D eigenvalue weighted by atomic mass is 32.1. The molecule has 1 heterocycles. The van der Waals surface area contributed by atoms with E-state index in [1.807, 2.05) is 18.4 Å². The normalized spacial score (nSPS) is 13.9. The topological polar surface area (TPSA) is 17.1 Å². The van der Waals surface area contributed by atoms with Crippen molar-refractivity contribution in [3.63, 3.8) is 0 Å². The van der Waals surface area contributed by atoms with E-state index in [0.717, 1.165) is 5.56 Å². The maximum Gasteiger partial charge on any atom is 0.164 e. The minimum atomic E-state index is 0.209. The van der Waals surface area contributed by atoms with Gasteiger partial charge in [0.1, 0.15) is 0 Å². The molecule has 0 spiro atoms. The van der Waals surface area contributed by atoms with Crippen LogP contribution < -0.4 is 0 Å². The van der Waals surface area contributed by atoms with Crippen molar-refractivity contribution in [3.8, 4) is 0 Å². The molecule has 0 bridgehead atoms. The Labute approximate surface area is 96.5 Å². The molecule has 0 aliphatic carbocycles. The Morgan fingerprint density at radius 2 is 2.07 bits per heavy atom. The van der Waals surface area contributed by atoms with Gasteiger partial charge in [-0.05, 0) is 24.3 Å². The number of ketones is 1. The molecule has 84 valence electrons. The Morgan fingerprint density at radius 3 is 2.47 bits per heavy atom. The van der Waals surface area contributed by atoms with E-state index < -0.39 is 0 Å². The van der Waals surface area contributed by atoms with Crippen molar-refractivity contribution >= 4 is 17.1 Å². The van der Waals surface area contributed by atoms with Gasteiger partial charge in [0.2, 0.25) is 0 Å². The molecule has 1 nitrogen and oxygen atoms in total. The van der Waals surface area contributed by atoms with Crippen LogP contribution in [0, 0.1) is 18.3 Å². The molecule has 0 saturated heterocycles. The van der Waals surface area contributed by atoms with E-state index in [2.05, 4.69) is 27.7 Å². The fraction of sp³-hybridized carbons (Fsp3) is 0.615. The molecule has 0 aliphatic heterocycles. The second-order valence-corrected chi connectivity index (χ2v) is 6.46. The molecule has 0 aromatic carbocycles. The van der Waals surface area contributed by atoms with Gasteiger partial charge in [0.25, 0.3) is 0 Å². The maximum atomic E-state index is 11.9. The van der Waals surface area contributed by atoms with Gasteiger partial charge in [-0.25, -0.2) is 0 Å². The van der Waals surface area contributed by atoms with Crippen LogP contribution in [0.15, 0.2) is 11.4 Å². The van der Waals surface area contributed by atoms with Gasteiger partial charge in [-0.3, -0.25) is 4.79 Å². The van der Waals surface area contributed by atoms with Crippen LogP contribution in [0.3, 0.4) is 0 Å². The number of aryl methyl sites for hydroxylation is 1. The fourth-order valence-electron chi connectivity index (χ4n) is 1.29. The zero-order valence-electron chi connectivity index (χ0n) is 10.3. The van der Waals surface area contributed by atoms with Gasteiger partial charge in [-0.2, -0.15) is 0 Å². The Kier molecular flexibility index (Phi) is 3.72. The SMILES string of the molecule is Cc1cc(C(=O)CC(C)C(C)(C)C)cs1. The quantitative estimate of drug-likeness (QED) is 0.699. The summed E-state index contributed by atoms with van der Waals surface area (Å²) in [4.78, 5) is 13.1. The predicted octanol–water partition coefficient (Wildman–Crippen LogP) is 4.31. The van der Waals surface area contributed by atoms with Crippen LogP contribution in [0.5, 0.6) is 0 Å². The first kappa shape index (κ1) is 12.4. The predicted molar refractivity (Wildman–Crippen MR) is 66.6 cm³/mol. The highest BCUT2D eigenvalue weighted by Crippen LogP contribution is 2.29. The number of hydrogen-bond donors (Lipinski definition) is 0. The lowest BCUT2D eigenvalue weighted by Gasteiger charge is -2.26. The second-order valence-electron chi connectivity index (χ2n) is 5.34. The summed E-state index contributed by atoms with van der Waals surface area (Å²) in [7, 11) is 0. The van der Waals surface area contributed by atoms with Crippen LogP contribution in [-0.2, 0) is 0 Å². The molecule has 0 N–H and O–H groups in total. The lowest BCUT2D eigenvalue weighted by molar-refractivity contribution is 0.0927. The molecule has 0 saturated carbocycles. The third-order valence-corrected chi connectivity index (χ3v) is 3.88. The number of thiophene rings is 1. The molecular weight excluding hydrogens is 204 g/mol. The van der Waals surface area contributed by atoms with E-state index >= 15 is 0 Å². The summed E-state index contributed by atoms with van der Waals surface area (Å²) in [5.74, 6) is 0.701. The standard InChI is InChI=1S/C13H20OS/c1-9(13(3,4)5)6-12(14)11-7-10(2)15-8-11/h7-9H,6H2,1-5H3. The van der Waals surface area contributed by atoms with Gasteiger partial charge in [-0.1, -0.05) is 27.7 Å². The van der Waals surface area contributed by atoms with Crippen molar-refractivity contribution < 1.29 is 4.79 Å². The van der Waals surface area contributed by atoms with Crippen molar-refractivity contribution in [1.82, 2.24) is 0 Å². The van der Waals surface area contributed by atoms with Crippen molar-refractivity contribution in [1.29, 1.82) is 0 Å². The van der Waals surface area contributed by atoms with Gasteiger partial charge >= 0.3 is 0 Å². The van der Waals surface area contributed by atoms with Crippen molar-refractivity contribution in [2.45, 2.75) is 41.0 Å². The van der Waals surface area contributed by atoms with E-state index in [9.17, 15) is 4.79 Å². The molecule has 1 rings (SSSR count). The van der Waals surface area contributed by atoms with Crippen LogP contribution in [0.25, 0.3) is 0 Å². The zero-order valence-corrected chi connectivity index (χ0v) is 11.1. The van der Waals surface area contributed by atoms with Crippen molar-refractivity contribution in [2.24, 2.45) is 11.3 Å². The first-order valence-electron chi connectivity index (χ1n) is 5.39. The van der Waals surface area contributed by atoms with Gasteiger partial charge in [0, 0.05) is 22.2 Å². The third kappa shape index (κ3) is 3.45. The first-order valence-corrected chi connectivity index (χ1v) is 6.27. The Hall–Kier alpha value is -0.630. The largest absolute Gasteiger partial charge is 0.294 e. The van der Waals surface area contributed by atoms with Gasteiger partial charge in [0.05, 0.1) is 0 Å². The molecular formula is C13H20OS. The summed E-state index contributed by atoms with van der Waals surface area (Å²) in [6, 6.07) is 1.99. The summed E-state index contributed by atoms with van der Waals surface area (Å²) >= 11 is 1.65. The van der Waals surface area contributed by atoms with Crippen molar-refractivity contribution in [3.05, 3.63) is 21.9 Å². The van der Waals surface area contributed by atoms with Gasteiger partial charge in [0.15, 0.2) is 5.78 Å². The number of carbonyl (C=O) groups is 1. The summed E-state index contributed by atoms with van der Waals surface area (Å²) in [6.45, 7) is 10.7. The van der Waals surface area contributed by atoms with E-state index in [4.69, 9.17) is 0 Å². The number of carbonyl (C=O) groups excluding carboxylic acids is 1. The summed E-state index contributed by atoms with van der Waals surface area (Å²) in [5.41, 5.74) is 1.09. The Morgan fingerprint density at radius 1 is 1.47 bits per heavy atom. The highest BCUT2D eigenvalue weighted by Gasteiger charge is 2.23. The average molecular weight is 224 g/mol. The summed E-state index contributed by atoms with van der Waals surface area (Å²) < 4.78 is 0. The third-order valence-electron chi connectivity index (χ3n) is 3.02. The molecule has 1 atom stereocenters. The van der Waals surface area contributed by atoms with E-state index in [1.54, 1.807) is 11.3 Å². The molecule has 2 heteroatoms. The Balaban J connectivity index is 2.64. The molecule has 1 aromatic rings. The number of Topliss-reactive ketones (excluding diaryl/α,β-unsaturated/α-hetero) is 1. The molecule has 1 aromatic heterocycles. The lowest BCUT2D eigenvalue weighted by Crippen LogP contribution is -2.20. The number of rotatable bonds is 3. The lowest BCUT2D eigenvalue weighted by atomic mass is 9.79. The summed E-state index contributed by atoms with van der Waals surface area (Å²) in [5, 5.41) is 1.97. The minimum absolute atomic E-state index is 0.209. The molecule has 0 aliphatic rings. The maximum absolute atomic E-state index is 11.9. The van der Waals surface area contributed by atoms with E-state index in [0.29, 0.717) is 12.3 Å². The molecule has 15 heavy (non-hydrogen) atoms. The summed E-state index contributed by atoms with van der Waals surface area (Å²) in [6.07, 6.45) is 0.652. The minimum Gasteiger partial charge on any atom is -0.294 e. The van der Waals surface area contributed by atoms with Crippen LogP contribution in [0.4, 0.5) is 0 Å². The Bertz CT molecular complexity index is 344. The van der Waals surface area contributed by atoms with E-state index in [-0.39, 0.29) is 11.2 Å². The van der Waals surface area contributed by atoms with Gasteiger partial charge in [-0.15, -0.1) is 11.3 Å². The molecule has 0 amide bonds. The van der Waals surface area contributed by atoms with Crippen LogP contribution in [-0.4, -0.2) is 5.78 Å². The first-order chi connectivity index (χ1) is 6.80. The monoisotopic (exact) mass is 224 g/mol. The van der Waals surface area contributed by atoms with Crippen LogP contribution in [0.1, 0.15) is 49.4 Å². The van der Waals surface area contributed by atoms with Crippen LogP contribution >= 0.6 is 11.3 Å². The highest BCUT2D eigenvalue weighted by molar-refractivity contribution is 7.10. The number of hydrogen-bond acceptors (Lipinski definition) is 2. The van der Waals surface area contributed by atoms with Gasteiger partial charge < -0.3 is 0 Å². The van der Waals surface area contributed by atoms with Crippen LogP contribution in [0.2, 0.25) is 0 Å². The smallest absolute Gasteiger partial charge is 0.164 e.